The van der Waals surface area contributed by atoms with Gasteiger partial charge in [0, 0.05) is 59.5 Å². The average Bonchev–Trinajstić information content (AvgIpc) is 3.35. The summed E-state index contributed by atoms with van der Waals surface area (Å²) >= 11 is 3.47. The van der Waals surface area contributed by atoms with Crippen molar-refractivity contribution >= 4 is 27.9 Å². The second-order valence-electron chi connectivity index (χ2n) is 16.2. The normalized spacial score (nSPS) is 26.1. The van der Waals surface area contributed by atoms with Gasteiger partial charge in [0.1, 0.15) is 29.2 Å². The van der Waals surface area contributed by atoms with Crippen LogP contribution in [-0.4, -0.2) is 81.7 Å². The number of nitrogens with zero attached hydrogens (tertiary/aromatic N) is 5. The molecule has 0 radical (unpaired) electrons. The van der Waals surface area contributed by atoms with E-state index in [-0.39, 0.29) is 35.0 Å². The monoisotopic (exact) mass is 729 g/mol. The molecule has 1 aromatic heterocycles. The minimum atomic E-state index is -0.473. The first-order valence-corrected chi connectivity index (χ1v) is 18.3. The largest absolute Gasteiger partial charge is 0.489 e. The molecule has 2 aliphatic carbocycles. The number of halogens is 1. The van der Waals surface area contributed by atoms with Crippen LogP contribution in [0.15, 0.2) is 34.8 Å². The number of ether oxygens (including phenoxy) is 2. The molecule has 2 saturated carbocycles. The van der Waals surface area contributed by atoms with E-state index in [0.29, 0.717) is 58.6 Å². The van der Waals surface area contributed by atoms with Crippen molar-refractivity contribution in [3.63, 3.8) is 0 Å². The number of hydrogen-bond donors (Lipinski definition) is 0. The molecule has 260 valence electrons. The quantitative estimate of drug-likeness (QED) is 0.312. The fourth-order valence-corrected chi connectivity index (χ4v) is 9.30. The second-order valence-corrected chi connectivity index (χ2v) is 17.1. The van der Waals surface area contributed by atoms with E-state index in [9.17, 15) is 14.9 Å². The summed E-state index contributed by atoms with van der Waals surface area (Å²) in [5.41, 5.74) is 1.63. The zero-order chi connectivity index (χ0) is 35.3. The van der Waals surface area contributed by atoms with Crippen molar-refractivity contribution in [2.24, 2.45) is 16.7 Å². The summed E-state index contributed by atoms with van der Waals surface area (Å²) in [5.74, 6) is 7.87. The van der Waals surface area contributed by atoms with Gasteiger partial charge in [0.15, 0.2) is 0 Å². The van der Waals surface area contributed by atoms with Gasteiger partial charge in [0.05, 0.1) is 23.4 Å². The van der Waals surface area contributed by atoms with E-state index in [1.54, 1.807) is 6.07 Å². The third-order valence-electron chi connectivity index (χ3n) is 10.8. The van der Waals surface area contributed by atoms with Gasteiger partial charge in [0.2, 0.25) is 0 Å². The molecule has 3 fully saturated rings. The predicted molar refractivity (Wildman–Crippen MR) is 191 cm³/mol. The minimum Gasteiger partial charge on any atom is -0.489 e. The first-order chi connectivity index (χ1) is 23.1. The Morgan fingerprint density at radius 2 is 1.67 bits per heavy atom. The number of fused-ring (bicyclic) bond motifs is 1. The van der Waals surface area contributed by atoms with Gasteiger partial charge in [-0.25, -0.2) is 9.78 Å². The molecule has 49 heavy (non-hydrogen) atoms. The zero-order valence-electron chi connectivity index (χ0n) is 29.8. The highest BCUT2D eigenvalue weighted by Gasteiger charge is 2.67. The van der Waals surface area contributed by atoms with Crippen LogP contribution in [0.4, 0.5) is 4.79 Å². The molecule has 4 aliphatic rings. The van der Waals surface area contributed by atoms with Gasteiger partial charge in [-0.15, -0.1) is 0 Å². The second kappa shape index (κ2) is 13.3. The third-order valence-corrected chi connectivity index (χ3v) is 11.4. The molecular formula is C39H48BrN5O4. The van der Waals surface area contributed by atoms with Crippen molar-refractivity contribution in [1.29, 1.82) is 5.26 Å². The fraction of sp³-hybridized carbons (Fsp3) is 0.590. The number of nitriles is 1. The summed E-state index contributed by atoms with van der Waals surface area (Å²) in [6.45, 7) is 18.0. The highest BCUT2D eigenvalue weighted by molar-refractivity contribution is 9.10. The Balaban J connectivity index is 1.03. The summed E-state index contributed by atoms with van der Waals surface area (Å²) in [7, 11) is 0. The summed E-state index contributed by atoms with van der Waals surface area (Å²) in [6, 6.07) is 11.9. The van der Waals surface area contributed by atoms with Gasteiger partial charge in [-0.05, 0) is 98.6 Å². The molecule has 0 spiro atoms. The van der Waals surface area contributed by atoms with Gasteiger partial charge in [0.25, 0.3) is 5.91 Å². The van der Waals surface area contributed by atoms with Crippen LogP contribution in [0.3, 0.4) is 0 Å². The molecule has 2 aliphatic heterocycles. The Hall–Kier alpha value is -3.60. The van der Waals surface area contributed by atoms with E-state index in [1.807, 2.05) is 54.8 Å². The Kier molecular flexibility index (Phi) is 9.54. The van der Waals surface area contributed by atoms with Crippen LogP contribution in [0, 0.1) is 39.9 Å². The van der Waals surface area contributed by atoms with E-state index in [1.165, 1.54) is 0 Å². The Labute approximate surface area is 299 Å². The van der Waals surface area contributed by atoms with Gasteiger partial charge < -0.3 is 19.3 Å². The maximum Gasteiger partial charge on any atom is 0.410 e. The van der Waals surface area contributed by atoms with Gasteiger partial charge in [-0.3, -0.25) is 9.69 Å². The van der Waals surface area contributed by atoms with Crippen molar-refractivity contribution in [3.05, 3.63) is 57.3 Å². The molecule has 0 unspecified atom stereocenters. The number of hydrogen-bond acceptors (Lipinski definition) is 7. The number of carbonyl (C=O) groups is 2. The molecule has 0 N–H and O–H groups in total. The maximum atomic E-state index is 13.7. The molecule has 1 aromatic carbocycles. The van der Waals surface area contributed by atoms with E-state index in [2.05, 4.69) is 66.4 Å². The van der Waals surface area contributed by atoms with Crippen LogP contribution in [-0.2, 0) is 11.3 Å². The number of rotatable bonds is 4. The topological polar surface area (TPSA) is 99.0 Å². The molecule has 2 aromatic rings. The lowest BCUT2D eigenvalue weighted by Crippen LogP contribution is -2.74. The van der Waals surface area contributed by atoms with E-state index in [0.717, 1.165) is 44.5 Å². The average molecular weight is 731 g/mol. The SMILES string of the molecule is CC(C)(C)OC(=O)N1CCN([C@H]2CC[C@H](C#Cc3ccc4c(n3)CN([C@H]3C(C)(C)[C@H](Oc5ccc(C#N)c(Br)c5)C3(C)C)C4=O)CC2)CC1. The number of carbonyl (C=O) groups excluding carboxylic acids is 2. The van der Waals surface area contributed by atoms with Crippen molar-refractivity contribution in [2.75, 3.05) is 26.2 Å². The highest BCUT2D eigenvalue weighted by Crippen LogP contribution is 2.59. The molecule has 0 bridgehead atoms. The van der Waals surface area contributed by atoms with Crippen LogP contribution in [0.25, 0.3) is 0 Å². The lowest BCUT2D eigenvalue weighted by molar-refractivity contribution is -0.199. The first kappa shape index (κ1) is 35.2. The van der Waals surface area contributed by atoms with Gasteiger partial charge in [-0.1, -0.05) is 33.6 Å². The summed E-state index contributed by atoms with van der Waals surface area (Å²) in [4.78, 5) is 37.4. The fourth-order valence-electron chi connectivity index (χ4n) is 8.85. The summed E-state index contributed by atoms with van der Waals surface area (Å²) in [6.07, 6.45) is 3.96. The molecule has 3 heterocycles. The first-order valence-electron chi connectivity index (χ1n) is 17.5. The van der Waals surface area contributed by atoms with Crippen molar-refractivity contribution in [2.45, 2.75) is 104 Å². The predicted octanol–water partition coefficient (Wildman–Crippen LogP) is 7.02. The van der Waals surface area contributed by atoms with Crippen LogP contribution >= 0.6 is 15.9 Å². The van der Waals surface area contributed by atoms with Crippen LogP contribution in [0.1, 0.15) is 101 Å². The smallest absolute Gasteiger partial charge is 0.410 e. The van der Waals surface area contributed by atoms with E-state index >= 15 is 0 Å². The molecule has 9 nitrogen and oxygen atoms in total. The van der Waals surface area contributed by atoms with Crippen LogP contribution in [0.2, 0.25) is 0 Å². The van der Waals surface area contributed by atoms with Crippen molar-refractivity contribution in [1.82, 2.24) is 19.7 Å². The standard InChI is InChI=1S/C39H48BrN5O4/c1-37(2,3)49-36(47)44-20-18-43(19-21-44)28-14-9-25(10-15-28)8-12-27-13-17-30-32(42-27)24-45(33(30)46)34-38(4,5)35(39(34,6)7)48-29-16-11-26(23-41)31(40)22-29/h11,13,16-17,22,25,28,34-35H,9-10,14-15,18-21,24H2,1-7H3/t25-,28-,34-,35-. The van der Waals surface area contributed by atoms with Crippen molar-refractivity contribution in [3.8, 4) is 23.7 Å². The third kappa shape index (κ3) is 7.05. The Bertz CT molecular complexity index is 1700. The number of piperazine rings is 1. The highest BCUT2D eigenvalue weighted by atomic mass is 79.9. The van der Waals surface area contributed by atoms with Gasteiger partial charge >= 0.3 is 6.09 Å². The molecule has 0 atom stereocenters. The van der Waals surface area contributed by atoms with E-state index < -0.39 is 5.60 Å². The van der Waals surface area contributed by atoms with Crippen LogP contribution < -0.4 is 4.74 Å². The number of benzene rings is 1. The summed E-state index contributed by atoms with van der Waals surface area (Å²) < 4.78 is 12.8. The van der Waals surface area contributed by atoms with E-state index in [4.69, 9.17) is 14.5 Å². The Morgan fingerprint density at radius 1 is 1.00 bits per heavy atom. The lowest BCUT2D eigenvalue weighted by Gasteiger charge is -2.65. The van der Waals surface area contributed by atoms with Crippen LogP contribution in [0.5, 0.6) is 5.75 Å². The van der Waals surface area contributed by atoms with Gasteiger partial charge in [-0.2, -0.15) is 5.26 Å². The number of aromatic nitrogens is 1. The number of pyridine rings is 1. The Morgan fingerprint density at radius 3 is 2.29 bits per heavy atom. The molecule has 2 amide bonds. The zero-order valence-corrected chi connectivity index (χ0v) is 31.4. The molecular weight excluding hydrogens is 682 g/mol. The lowest BCUT2D eigenvalue weighted by atomic mass is 9.49. The number of amides is 2. The maximum absolute atomic E-state index is 13.7. The molecule has 10 heteroatoms. The summed E-state index contributed by atoms with van der Waals surface area (Å²) in [5, 5.41) is 9.28. The van der Waals surface area contributed by atoms with Crippen molar-refractivity contribution < 1.29 is 19.1 Å². The molecule has 6 rings (SSSR count). The molecule has 1 saturated heterocycles. The minimum absolute atomic E-state index is 0.0120.